The molecule has 0 amide bonds. The fraction of sp³-hybridized carbons (Fsp3) is 0.898. The third-order valence-electron chi connectivity index (χ3n) is 12.5. The molecular formula is C59H124N4O4. The highest BCUT2D eigenvalue weighted by molar-refractivity contribution is 5.75. The van der Waals surface area contributed by atoms with Crippen LogP contribution in [-0.2, 0) is 19.1 Å². The van der Waals surface area contributed by atoms with E-state index in [-0.39, 0.29) is 31.4 Å². The number of ketones is 1. The minimum Gasteiger partial charge on any atom is -0.462 e. The van der Waals surface area contributed by atoms with Gasteiger partial charge in [0.25, 0.3) is 0 Å². The van der Waals surface area contributed by atoms with Crippen LogP contribution in [0, 0.1) is 0 Å². The molecule has 1 heterocycles. The number of nitrogens with two attached hydrogens (primary N) is 1. The van der Waals surface area contributed by atoms with Crippen LogP contribution >= 0.6 is 0 Å². The smallest absolute Gasteiger partial charge is 0.306 e. The van der Waals surface area contributed by atoms with Crippen LogP contribution in [0.15, 0.2) is 24.6 Å². The Morgan fingerprint density at radius 3 is 1.60 bits per heavy atom. The Labute approximate surface area is 421 Å². The first-order valence-electron chi connectivity index (χ1n) is 28.6. The van der Waals surface area contributed by atoms with Crippen molar-refractivity contribution in [3.63, 3.8) is 0 Å². The molecule has 0 radical (unpaired) electrons. The van der Waals surface area contributed by atoms with Crippen molar-refractivity contribution < 1.29 is 19.1 Å². The fourth-order valence-electron chi connectivity index (χ4n) is 8.38. The van der Waals surface area contributed by atoms with Crippen LogP contribution in [0.25, 0.3) is 0 Å². The molecule has 1 aliphatic rings. The van der Waals surface area contributed by atoms with Gasteiger partial charge in [0.05, 0.1) is 6.61 Å². The van der Waals surface area contributed by atoms with Gasteiger partial charge in [-0.2, -0.15) is 0 Å². The number of Topliss-reactive ketones (excluding diaryl/α,β-unsaturated/α-hetero) is 1. The normalized spacial score (nSPS) is 14.3. The number of rotatable bonds is 44. The van der Waals surface area contributed by atoms with Crippen molar-refractivity contribution in [2.75, 3.05) is 26.3 Å². The lowest BCUT2D eigenvalue weighted by Crippen LogP contribution is -2.35. The van der Waals surface area contributed by atoms with Gasteiger partial charge in [0.1, 0.15) is 11.9 Å². The van der Waals surface area contributed by atoms with E-state index in [2.05, 4.69) is 44.5 Å². The highest BCUT2D eigenvalue weighted by Crippen LogP contribution is 2.21. The van der Waals surface area contributed by atoms with Crippen molar-refractivity contribution in [1.82, 2.24) is 16.4 Å². The summed E-state index contributed by atoms with van der Waals surface area (Å²) < 4.78 is 12.2. The Kier molecular flexibility index (Phi) is 68.7. The summed E-state index contributed by atoms with van der Waals surface area (Å²) in [5.41, 5.74) is 6.91. The third kappa shape index (κ3) is 54.9. The Hall–Kier alpha value is -1.90. The molecule has 1 unspecified atom stereocenters. The summed E-state index contributed by atoms with van der Waals surface area (Å²) in [6.45, 7) is 25.9. The Balaban J connectivity index is -0.000000574. The molecule has 1 aliphatic heterocycles. The highest BCUT2D eigenvalue weighted by atomic mass is 16.5. The van der Waals surface area contributed by atoms with E-state index in [1.807, 2.05) is 40.0 Å². The van der Waals surface area contributed by atoms with Crippen molar-refractivity contribution in [3.8, 4) is 0 Å². The van der Waals surface area contributed by atoms with Crippen LogP contribution in [0.5, 0.6) is 0 Å². The van der Waals surface area contributed by atoms with E-state index < -0.39 is 0 Å². The van der Waals surface area contributed by atoms with E-state index in [9.17, 15) is 9.59 Å². The molecule has 1 saturated heterocycles. The van der Waals surface area contributed by atoms with Gasteiger partial charge in [-0.05, 0) is 90.5 Å². The van der Waals surface area contributed by atoms with Gasteiger partial charge in [-0.3, -0.25) is 9.69 Å². The molecule has 8 nitrogen and oxygen atoms in total. The number of esters is 1. The van der Waals surface area contributed by atoms with Gasteiger partial charge in [-0.25, -0.2) is 0 Å². The number of ether oxygens (including phenoxy) is 2. The average Bonchev–Trinajstić information content (AvgIpc) is 3.71. The van der Waals surface area contributed by atoms with Crippen molar-refractivity contribution in [2.45, 2.75) is 319 Å². The summed E-state index contributed by atoms with van der Waals surface area (Å²) in [5, 5.41) is 3.53. The first-order chi connectivity index (χ1) is 31.8. The predicted molar refractivity (Wildman–Crippen MR) is 299 cm³/mol. The predicted octanol–water partition coefficient (Wildman–Crippen LogP) is 18.1. The number of hydrogen-bond donors (Lipinski definition) is 3. The van der Waals surface area contributed by atoms with Crippen LogP contribution in [0.3, 0.4) is 0 Å². The molecule has 0 bridgehead atoms. The second-order valence-corrected chi connectivity index (χ2v) is 18.6. The van der Waals surface area contributed by atoms with Crippen LogP contribution in [0.4, 0.5) is 0 Å². The van der Waals surface area contributed by atoms with E-state index in [4.69, 9.17) is 15.2 Å². The maximum atomic E-state index is 12.7. The summed E-state index contributed by atoms with van der Waals surface area (Å²) in [5.74, 6) is 0.303. The van der Waals surface area contributed by atoms with Gasteiger partial charge in [0.15, 0.2) is 0 Å². The lowest BCUT2D eigenvalue weighted by atomic mass is 10.0. The van der Waals surface area contributed by atoms with E-state index in [0.717, 1.165) is 109 Å². The molecule has 0 saturated carbocycles. The van der Waals surface area contributed by atoms with Crippen molar-refractivity contribution >= 4 is 11.8 Å². The Morgan fingerprint density at radius 2 is 1.10 bits per heavy atom. The maximum absolute atomic E-state index is 12.7. The number of likely N-dealkylation sites (tertiary alicyclic amines) is 1. The number of nitrogens with one attached hydrogen (secondary N) is 1. The largest absolute Gasteiger partial charge is 0.462 e. The molecule has 2 atom stereocenters. The minimum atomic E-state index is 0. The molecule has 404 valence electrons. The first-order valence-corrected chi connectivity index (χ1v) is 28.6. The molecule has 0 aliphatic carbocycles. The standard InChI is InChI=1S/C41H79N3O4.C13H26.2C2H6.CH4.H3N/c1-5-8-10-12-15-21-27-40(28-22-16-13-11-9-6-2)48-41(46)29-23-17-14-18-25-31-47-35-39-32-38(43-33-37(42)7-3)34-44(39)30-24-19-20-26-36(4)45;1-3-5-7-9-11-13-12-10-8-6-4-2;2*1-2;;/h33,38-40,43H,5-32,34-35,42H2,1-4H3;3H,1,4-13H2,2H3;2*1-2H3;1H4;1H3/b37-33-;;;;;/t38?,39-;;;;;/m0...../s1. The fourth-order valence-corrected chi connectivity index (χ4v) is 8.38. The molecule has 0 aromatic heterocycles. The maximum Gasteiger partial charge on any atom is 0.306 e. The first kappa shape index (κ1) is 74.1. The summed E-state index contributed by atoms with van der Waals surface area (Å²) in [4.78, 5) is 26.5. The second kappa shape index (κ2) is 62.1. The van der Waals surface area contributed by atoms with Crippen LogP contribution in [0.2, 0.25) is 0 Å². The third-order valence-corrected chi connectivity index (χ3v) is 12.5. The zero-order valence-corrected chi connectivity index (χ0v) is 46.2. The average molecular weight is 954 g/mol. The second-order valence-electron chi connectivity index (χ2n) is 18.6. The molecule has 0 aromatic rings. The van der Waals surface area contributed by atoms with E-state index in [1.54, 1.807) is 6.92 Å². The van der Waals surface area contributed by atoms with Crippen LogP contribution < -0.4 is 17.2 Å². The SMILES string of the molecule is C.C=CCCCCCCCCCCC.CC.CC.CCCCCCCCC(CCCCCCCC)OC(=O)CCCCCCCOC[C@@H]1CC(N/C=C(\N)CC)CN1CCCCCC(C)=O.N. The number of carbonyl (C=O) groups is 2. The van der Waals surface area contributed by atoms with Gasteiger partial charge in [0, 0.05) is 50.0 Å². The monoisotopic (exact) mass is 953 g/mol. The number of carbonyl (C=O) groups excluding carboxylic acids is 2. The van der Waals surface area contributed by atoms with E-state index in [1.165, 1.54) is 141 Å². The summed E-state index contributed by atoms with van der Waals surface area (Å²) in [7, 11) is 0. The summed E-state index contributed by atoms with van der Waals surface area (Å²) in [6, 6.07) is 0.817. The van der Waals surface area contributed by atoms with Crippen LogP contribution in [-0.4, -0.2) is 61.1 Å². The van der Waals surface area contributed by atoms with Gasteiger partial charge < -0.3 is 31.5 Å². The number of hydrogen-bond acceptors (Lipinski definition) is 8. The lowest BCUT2D eigenvalue weighted by Gasteiger charge is -2.24. The molecule has 1 rings (SSSR count). The lowest BCUT2D eigenvalue weighted by molar-refractivity contribution is -0.150. The van der Waals surface area contributed by atoms with Crippen molar-refractivity contribution in [3.05, 3.63) is 24.6 Å². The molecule has 0 spiro atoms. The van der Waals surface area contributed by atoms with E-state index in [0.29, 0.717) is 24.9 Å². The number of allylic oxidation sites excluding steroid dienone is 2. The van der Waals surface area contributed by atoms with Gasteiger partial charge in [-0.15, -0.1) is 6.58 Å². The number of unbranched alkanes of at least 4 members (excludes halogenated alkanes) is 25. The van der Waals surface area contributed by atoms with Crippen molar-refractivity contribution in [1.29, 1.82) is 0 Å². The van der Waals surface area contributed by atoms with Gasteiger partial charge in [0.2, 0.25) is 0 Å². The molecule has 6 N–H and O–H groups in total. The number of nitrogens with zero attached hydrogens (tertiary/aromatic N) is 1. The topological polar surface area (TPSA) is 129 Å². The molecule has 8 heteroatoms. The zero-order valence-electron chi connectivity index (χ0n) is 46.2. The molecular weight excluding hydrogens is 829 g/mol. The Morgan fingerprint density at radius 1 is 0.657 bits per heavy atom. The minimum absolute atomic E-state index is 0. The highest BCUT2D eigenvalue weighted by Gasteiger charge is 2.31. The van der Waals surface area contributed by atoms with Gasteiger partial charge in [-0.1, -0.05) is 210 Å². The summed E-state index contributed by atoms with van der Waals surface area (Å²) >= 11 is 0. The molecule has 0 aromatic carbocycles. The van der Waals surface area contributed by atoms with Gasteiger partial charge >= 0.3 is 5.97 Å². The zero-order chi connectivity index (χ0) is 48.9. The molecule has 1 fully saturated rings. The van der Waals surface area contributed by atoms with E-state index >= 15 is 0 Å². The van der Waals surface area contributed by atoms with Crippen molar-refractivity contribution in [2.24, 2.45) is 5.73 Å². The van der Waals surface area contributed by atoms with Crippen LogP contribution in [0.1, 0.15) is 301 Å². The summed E-state index contributed by atoms with van der Waals surface area (Å²) in [6.07, 6.45) is 47.3. The Bertz CT molecular complexity index is 992. The molecule has 67 heavy (non-hydrogen) atoms. The quantitative estimate of drug-likeness (QED) is 0.0313.